The van der Waals surface area contributed by atoms with Crippen molar-refractivity contribution in [2.75, 3.05) is 69.4 Å². The number of aromatic nitrogens is 5. The average molecular weight is 550 g/mol. The summed E-state index contributed by atoms with van der Waals surface area (Å²) in [6, 6.07) is 4.08. The van der Waals surface area contributed by atoms with Gasteiger partial charge in [0.05, 0.1) is 26.4 Å². The van der Waals surface area contributed by atoms with E-state index in [1.54, 1.807) is 10.9 Å². The number of alkyl halides is 3. The van der Waals surface area contributed by atoms with Gasteiger partial charge in [-0.05, 0) is 31.5 Å². The van der Waals surface area contributed by atoms with Crippen molar-refractivity contribution in [1.29, 1.82) is 0 Å². The van der Waals surface area contributed by atoms with E-state index in [0.717, 1.165) is 44.0 Å². The van der Waals surface area contributed by atoms with Gasteiger partial charge in [0, 0.05) is 51.5 Å². The second kappa shape index (κ2) is 12.0. The molecule has 0 aromatic carbocycles. The molecule has 0 saturated carbocycles. The minimum absolute atomic E-state index is 0.110. The number of hydrogen-bond acceptors (Lipinski definition) is 10. The van der Waals surface area contributed by atoms with Gasteiger partial charge in [0.15, 0.2) is 5.82 Å². The lowest BCUT2D eigenvalue weighted by atomic mass is 10.2. The molecule has 2 fully saturated rings. The Morgan fingerprint density at radius 1 is 1.21 bits per heavy atom. The van der Waals surface area contributed by atoms with Crippen molar-refractivity contribution in [3.8, 4) is 0 Å². The molecule has 39 heavy (non-hydrogen) atoms. The molecule has 3 aromatic rings. The lowest BCUT2D eigenvalue weighted by Crippen LogP contribution is -2.49. The van der Waals surface area contributed by atoms with Crippen LogP contribution in [0.2, 0.25) is 0 Å². The number of anilines is 3. The van der Waals surface area contributed by atoms with Crippen molar-refractivity contribution in [1.82, 2.24) is 34.9 Å². The van der Waals surface area contributed by atoms with Crippen molar-refractivity contribution < 1.29 is 22.6 Å². The first kappa shape index (κ1) is 27.5. The Bertz CT molecular complexity index is 1260. The topological polar surface area (TPSA) is 105 Å². The highest BCUT2D eigenvalue weighted by Gasteiger charge is 2.28. The number of fused-ring (bicyclic) bond motifs is 1. The zero-order chi connectivity index (χ0) is 27.4. The minimum Gasteiger partial charge on any atom is -0.379 e. The molecule has 3 aromatic heterocycles. The maximum atomic E-state index is 12.7. The molecule has 0 unspecified atom stereocenters. The van der Waals surface area contributed by atoms with E-state index in [-0.39, 0.29) is 19.2 Å². The van der Waals surface area contributed by atoms with E-state index in [1.807, 2.05) is 19.1 Å². The second-order valence-electron chi connectivity index (χ2n) is 9.94. The summed E-state index contributed by atoms with van der Waals surface area (Å²) >= 11 is 0. The molecule has 5 rings (SSSR count). The van der Waals surface area contributed by atoms with Crippen molar-refractivity contribution in [2.24, 2.45) is 0 Å². The van der Waals surface area contributed by atoms with E-state index in [2.05, 4.69) is 32.3 Å². The first-order chi connectivity index (χ1) is 18.7. The van der Waals surface area contributed by atoms with Crippen LogP contribution in [0.15, 0.2) is 18.3 Å². The van der Waals surface area contributed by atoms with Gasteiger partial charge in [0.25, 0.3) is 0 Å². The fraction of sp³-hybridized carbons (Fsp3) is 0.600. The first-order valence-electron chi connectivity index (χ1n) is 13.2. The summed E-state index contributed by atoms with van der Waals surface area (Å²) in [5.74, 6) is 1.67. The molecule has 2 saturated heterocycles. The summed E-state index contributed by atoms with van der Waals surface area (Å²) < 4.78 is 50.1. The van der Waals surface area contributed by atoms with Gasteiger partial charge in [-0.15, -0.1) is 0 Å². The minimum atomic E-state index is -4.39. The summed E-state index contributed by atoms with van der Waals surface area (Å²) in [4.78, 5) is 18.7. The number of morpholine rings is 1. The van der Waals surface area contributed by atoms with Gasteiger partial charge in [-0.25, -0.2) is 9.97 Å². The van der Waals surface area contributed by atoms with Crippen LogP contribution in [0.1, 0.15) is 18.2 Å². The molecule has 11 nitrogen and oxygen atoms in total. The number of aryl methyl sites for hydroxylation is 1. The number of nitrogens with zero attached hydrogens (tertiary/aromatic N) is 7. The smallest absolute Gasteiger partial charge is 0.379 e. The SMILES string of the molecule is Cc1ccnc(Nc2nc(N3CCN[C@H](C)C3)nc3c(CN4CCOCC4)nn(CCOCC(F)(F)F)c23)c1. The molecular formula is C25H34F3N9O2. The quantitative estimate of drug-likeness (QED) is 0.387. The fourth-order valence-corrected chi connectivity index (χ4v) is 4.78. The van der Waals surface area contributed by atoms with Crippen LogP contribution in [0.4, 0.5) is 30.8 Å². The Morgan fingerprint density at radius 3 is 2.77 bits per heavy atom. The molecule has 5 heterocycles. The first-order valence-corrected chi connectivity index (χ1v) is 13.2. The van der Waals surface area contributed by atoms with E-state index in [9.17, 15) is 13.2 Å². The monoisotopic (exact) mass is 549 g/mol. The Hall–Kier alpha value is -3.07. The van der Waals surface area contributed by atoms with E-state index < -0.39 is 12.8 Å². The number of ether oxygens (including phenoxy) is 2. The molecule has 0 amide bonds. The van der Waals surface area contributed by atoms with Crippen LogP contribution in [-0.2, 0) is 22.6 Å². The molecule has 0 bridgehead atoms. The summed E-state index contributed by atoms with van der Waals surface area (Å²) in [6.45, 7) is 8.34. The van der Waals surface area contributed by atoms with E-state index >= 15 is 0 Å². The largest absolute Gasteiger partial charge is 0.411 e. The third-order valence-electron chi connectivity index (χ3n) is 6.65. The van der Waals surface area contributed by atoms with Crippen molar-refractivity contribution in [2.45, 2.75) is 39.2 Å². The van der Waals surface area contributed by atoms with Gasteiger partial charge in [0.1, 0.15) is 29.2 Å². The number of hydrogen-bond donors (Lipinski definition) is 2. The summed E-state index contributed by atoms with van der Waals surface area (Å²) in [6.07, 6.45) is -2.68. The Kier molecular flexibility index (Phi) is 8.45. The van der Waals surface area contributed by atoms with Crippen LogP contribution in [0, 0.1) is 6.92 Å². The van der Waals surface area contributed by atoms with Crippen LogP contribution >= 0.6 is 0 Å². The molecule has 0 aliphatic carbocycles. The fourth-order valence-electron chi connectivity index (χ4n) is 4.78. The maximum absolute atomic E-state index is 12.7. The highest BCUT2D eigenvalue weighted by atomic mass is 19.4. The van der Waals surface area contributed by atoms with Crippen molar-refractivity contribution in [3.05, 3.63) is 29.6 Å². The van der Waals surface area contributed by atoms with E-state index in [0.29, 0.717) is 48.4 Å². The van der Waals surface area contributed by atoms with Crippen molar-refractivity contribution in [3.63, 3.8) is 0 Å². The number of pyridine rings is 1. The van der Waals surface area contributed by atoms with Gasteiger partial charge in [-0.2, -0.15) is 23.3 Å². The second-order valence-corrected chi connectivity index (χ2v) is 9.94. The Balaban J connectivity index is 1.56. The number of piperazine rings is 1. The predicted octanol–water partition coefficient (Wildman–Crippen LogP) is 2.48. The maximum Gasteiger partial charge on any atom is 0.411 e. The predicted molar refractivity (Wildman–Crippen MR) is 140 cm³/mol. The molecule has 212 valence electrons. The van der Waals surface area contributed by atoms with Gasteiger partial charge < -0.3 is 25.0 Å². The Labute approximate surface area is 224 Å². The number of nitrogens with one attached hydrogen (secondary N) is 2. The van der Waals surface area contributed by atoms with Crippen LogP contribution < -0.4 is 15.5 Å². The lowest BCUT2D eigenvalue weighted by Gasteiger charge is -2.32. The Morgan fingerprint density at radius 2 is 2.03 bits per heavy atom. The van der Waals surface area contributed by atoms with Crippen LogP contribution in [0.5, 0.6) is 0 Å². The molecule has 14 heteroatoms. The van der Waals surface area contributed by atoms with E-state index in [1.165, 1.54) is 0 Å². The van der Waals surface area contributed by atoms with Crippen LogP contribution in [0.3, 0.4) is 0 Å². The molecule has 2 aliphatic heterocycles. The summed E-state index contributed by atoms with van der Waals surface area (Å²) in [7, 11) is 0. The standard InChI is InChI=1S/C25H34F3N9O2/c1-17-3-4-30-20(13-17)31-23-22-21(32-24(33-23)36-6-5-29-18(2)14-36)19(15-35-7-10-38-11-8-35)34-37(22)9-12-39-16-25(26,27)28/h3-4,13,18,29H,5-12,14-16H2,1-2H3,(H,30,31,32,33)/t18-/m1/s1. The van der Waals surface area contributed by atoms with Gasteiger partial charge in [-0.3, -0.25) is 9.58 Å². The van der Waals surface area contributed by atoms with Gasteiger partial charge in [-0.1, -0.05) is 0 Å². The number of rotatable bonds is 9. The van der Waals surface area contributed by atoms with Gasteiger partial charge in [0.2, 0.25) is 5.95 Å². The number of halogens is 3. The highest BCUT2D eigenvalue weighted by molar-refractivity contribution is 5.90. The molecule has 0 radical (unpaired) electrons. The van der Waals surface area contributed by atoms with Crippen LogP contribution in [-0.4, -0.2) is 101 Å². The summed E-state index contributed by atoms with van der Waals surface area (Å²) in [5.41, 5.74) is 3.01. The molecule has 1 atom stereocenters. The summed E-state index contributed by atoms with van der Waals surface area (Å²) in [5, 5.41) is 11.6. The average Bonchev–Trinajstić information content (AvgIpc) is 3.24. The molecule has 2 aliphatic rings. The highest BCUT2D eigenvalue weighted by Crippen LogP contribution is 2.30. The van der Waals surface area contributed by atoms with Gasteiger partial charge >= 0.3 is 6.18 Å². The molecule has 2 N–H and O–H groups in total. The lowest BCUT2D eigenvalue weighted by molar-refractivity contribution is -0.174. The third kappa shape index (κ3) is 7.12. The molecular weight excluding hydrogens is 515 g/mol. The zero-order valence-electron chi connectivity index (χ0n) is 22.2. The molecule has 0 spiro atoms. The van der Waals surface area contributed by atoms with E-state index in [4.69, 9.17) is 24.5 Å². The van der Waals surface area contributed by atoms with Crippen LogP contribution in [0.25, 0.3) is 11.0 Å². The third-order valence-corrected chi connectivity index (χ3v) is 6.65. The zero-order valence-corrected chi connectivity index (χ0v) is 22.2. The van der Waals surface area contributed by atoms with Crippen molar-refractivity contribution >= 4 is 28.6 Å². The normalized spacial score (nSPS) is 19.1.